The van der Waals surface area contributed by atoms with Gasteiger partial charge in [-0.05, 0) is 24.3 Å². The first-order valence-corrected chi connectivity index (χ1v) is 7.64. The van der Waals surface area contributed by atoms with Gasteiger partial charge in [-0.2, -0.15) is 5.10 Å². The van der Waals surface area contributed by atoms with Crippen molar-refractivity contribution in [3.63, 3.8) is 0 Å². The van der Waals surface area contributed by atoms with Crippen molar-refractivity contribution in [1.82, 2.24) is 9.78 Å². The predicted molar refractivity (Wildman–Crippen MR) is 76.5 cm³/mol. The minimum Gasteiger partial charge on any atom is -0.468 e. The summed E-state index contributed by atoms with van der Waals surface area (Å²) in [5, 5.41) is 4.31. The summed E-state index contributed by atoms with van der Waals surface area (Å²) < 4.78 is 32.4. The van der Waals surface area contributed by atoms with Gasteiger partial charge in [0, 0.05) is 11.2 Å². The highest BCUT2D eigenvalue weighted by Crippen LogP contribution is 2.17. The van der Waals surface area contributed by atoms with Gasteiger partial charge in [0.05, 0.1) is 23.9 Å². The van der Waals surface area contributed by atoms with Gasteiger partial charge in [0.1, 0.15) is 6.54 Å². The summed E-state index contributed by atoms with van der Waals surface area (Å²) in [6.07, 6.45) is 2.70. The second kappa shape index (κ2) is 6.15. The molecule has 21 heavy (non-hydrogen) atoms. The van der Waals surface area contributed by atoms with Crippen LogP contribution in [-0.4, -0.2) is 31.3 Å². The van der Waals surface area contributed by atoms with Crippen molar-refractivity contribution in [2.45, 2.75) is 11.4 Å². The van der Waals surface area contributed by atoms with Gasteiger partial charge in [-0.3, -0.25) is 14.2 Å². The molecule has 0 saturated carbocycles. The van der Waals surface area contributed by atoms with E-state index in [1.54, 1.807) is 0 Å². The fourth-order valence-corrected chi connectivity index (χ4v) is 2.68. The lowest BCUT2D eigenvalue weighted by molar-refractivity contribution is -0.141. The Balaban J connectivity index is 2.14. The fourth-order valence-electron chi connectivity index (χ4n) is 1.53. The van der Waals surface area contributed by atoms with E-state index in [9.17, 15) is 13.2 Å². The van der Waals surface area contributed by atoms with Crippen molar-refractivity contribution in [1.29, 1.82) is 0 Å². The highest BCUT2D eigenvalue weighted by atomic mass is 35.5. The van der Waals surface area contributed by atoms with Crippen LogP contribution in [0.1, 0.15) is 0 Å². The SMILES string of the molecule is COC(=O)Cn1cc(NS(=O)(=O)c2ccc(Cl)cc2)cn1. The third kappa shape index (κ3) is 3.96. The molecule has 1 aromatic carbocycles. The van der Waals surface area contributed by atoms with Gasteiger partial charge in [-0.15, -0.1) is 0 Å². The third-order valence-electron chi connectivity index (χ3n) is 2.53. The van der Waals surface area contributed by atoms with Crippen LogP contribution in [0.2, 0.25) is 5.02 Å². The van der Waals surface area contributed by atoms with Crippen LogP contribution in [0.5, 0.6) is 0 Å². The number of hydrogen-bond donors (Lipinski definition) is 1. The summed E-state index contributed by atoms with van der Waals surface area (Å²) in [5.41, 5.74) is 0.244. The van der Waals surface area contributed by atoms with E-state index in [2.05, 4.69) is 14.6 Å². The van der Waals surface area contributed by atoms with Crippen LogP contribution < -0.4 is 4.72 Å². The Kier molecular flexibility index (Phi) is 4.49. The molecule has 0 fully saturated rings. The van der Waals surface area contributed by atoms with Gasteiger partial charge < -0.3 is 4.74 Å². The lowest BCUT2D eigenvalue weighted by atomic mass is 10.4. The van der Waals surface area contributed by atoms with E-state index in [0.29, 0.717) is 5.02 Å². The van der Waals surface area contributed by atoms with Crippen molar-refractivity contribution in [2.75, 3.05) is 11.8 Å². The molecule has 0 aliphatic rings. The Morgan fingerprint density at radius 2 is 2.05 bits per heavy atom. The topological polar surface area (TPSA) is 90.3 Å². The number of anilines is 1. The summed E-state index contributed by atoms with van der Waals surface area (Å²) in [6.45, 7) is -0.0980. The number of methoxy groups -OCH3 is 1. The first-order chi connectivity index (χ1) is 9.90. The molecule has 0 radical (unpaired) electrons. The van der Waals surface area contributed by atoms with Crippen LogP contribution in [0, 0.1) is 0 Å². The van der Waals surface area contributed by atoms with E-state index in [1.807, 2.05) is 0 Å². The zero-order chi connectivity index (χ0) is 15.5. The molecule has 9 heteroatoms. The Morgan fingerprint density at radius 3 is 2.67 bits per heavy atom. The van der Waals surface area contributed by atoms with E-state index in [4.69, 9.17) is 11.6 Å². The van der Waals surface area contributed by atoms with Crippen LogP contribution in [0.25, 0.3) is 0 Å². The number of carbonyl (C=O) groups excluding carboxylic acids is 1. The molecule has 1 aromatic heterocycles. The number of nitrogens with zero attached hydrogens (tertiary/aromatic N) is 2. The lowest BCUT2D eigenvalue weighted by Gasteiger charge is -2.05. The first-order valence-electron chi connectivity index (χ1n) is 5.78. The van der Waals surface area contributed by atoms with Gasteiger partial charge in [0.25, 0.3) is 10.0 Å². The molecule has 0 spiro atoms. The lowest BCUT2D eigenvalue weighted by Crippen LogP contribution is -2.13. The fraction of sp³-hybridized carbons (Fsp3) is 0.167. The monoisotopic (exact) mass is 329 g/mol. The van der Waals surface area contributed by atoms with E-state index in [1.165, 1.54) is 48.5 Å². The quantitative estimate of drug-likeness (QED) is 0.840. The molecule has 0 unspecified atom stereocenters. The molecule has 1 heterocycles. The van der Waals surface area contributed by atoms with E-state index >= 15 is 0 Å². The zero-order valence-electron chi connectivity index (χ0n) is 11.0. The number of carbonyl (C=O) groups is 1. The molecular weight excluding hydrogens is 318 g/mol. The van der Waals surface area contributed by atoms with Gasteiger partial charge in [-0.1, -0.05) is 11.6 Å². The van der Waals surface area contributed by atoms with Crippen molar-refractivity contribution in [2.24, 2.45) is 0 Å². The predicted octanol–water partition coefficient (Wildman–Crippen LogP) is 1.51. The van der Waals surface area contributed by atoms with E-state index < -0.39 is 16.0 Å². The van der Waals surface area contributed by atoms with Gasteiger partial charge in [0.15, 0.2) is 0 Å². The smallest absolute Gasteiger partial charge is 0.327 e. The average Bonchev–Trinajstić information content (AvgIpc) is 2.85. The molecule has 7 nitrogen and oxygen atoms in total. The molecule has 0 atom stereocenters. The average molecular weight is 330 g/mol. The second-order valence-corrected chi connectivity index (χ2v) is 6.18. The van der Waals surface area contributed by atoms with Gasteiger partial charge >= 0.3 is 5.97 Å². The van der Waals surface area contributed by atoms with Gasteiger partial charge in [0.2, 0.25) is 0 Å². The first kappa shape index (κ1) is 15.3. The Bertz CT molecular complexity index is 740. The number of halogens is 1. The molecule has 0 aliphatic carbocycles. The molecule has 0 bridgehead atoms. The molecule has 112 valence electrons. The second-order valence-electron chi connectivity index (χ2n) is 4.06. The summed E-state index contributed by atoms with van der Waals surface area (Å²) in [7, 11) is -2.47. The number of ether oxygens (including phenoxy) is 1. The highest BCUT2D eigenvalue weighted by Gasteiger charge is 2.15. The molecule has 2 rings (SSSR count). The van der Waals surface area contributed by atoms with Crippen LogP contribution in [0.3, 0.4) is 0 Å². The number of aromatic nitrogens is 2. The Labute approximate surface area is 126 Å². The maximum atomic E-state index is 12.1. The summed E-state index contributed by atoms with van der Waals surface area (Å²) >= 11 is 5.72. The Hall–Kier alpha value is -2.06. The molecule has 0 saturated heterocycles. The van der Waals surface area contributed by atoms with Gasteiger partial charge in [-0.25, -0.2) is 8.42 Å². The van der Waals surface area contributed by atoms with E-state index in [-0.39, 0.29) is 17.1 Å². The summed E-state index contributed by atoms with van der Waals surface area (Å²) in [6, 6.07) is 5.75. The minimum absolute atomic E-state index is 0.0765. The maximum Gasteiger partial charge on any atom is 0.327 e. The van der Waals surface area contributed by atoms with Crippen LogP contribution >= 0.6 is 11.6 Å². The molecule has 1 N–H and O–H groups in total. The number of esters is 1. The number of rotatable bonds is 5. The maximum absolute atomic E-state index is 12.1. The minimum atomic E-state index is -3.73. The van der Waals surface area contributed by atoms with E-state index in [0.717, 1.165) is 0 Å². The van der Waals surface area contributed by atoms with Crippen LogP contribution in [0.15, 0.2) is 41.6 Å². The highest BCUT2D eigenvalue weighted by molar-refractivity contribution is 7.92. The number of nitrogens with one attached hydrogen (secondary N) is 1. The molecule has 0 aliphatic heterocycles. The van der Waals surface area contributed by atoms with Crippen molar-refractivity contribution in [3.05, 3.63) is 41.7 Å². The molecule has 0 amide bonds. The summed E-state index contributed by atoms with van der Waals surface area (Å²) in [5.74, 6) is -0.481. The Morgan fingerprint density at radius 1 is 1.38 bits per heavy atom. The van der Waals surface area contributed by atoms with Crippen molar-refractivity contribution >= 4 is 33.3 Å². The standard InChI is InChI=1S/C12H12ClN3O4S/c1-20-12(17)8-16-7-10(6-14-16)15-21(18,19)11-4-2-9(13)3-5-11/h2-7,15H,8H2,1H3. The van der Waals surface area contributed by atoms with Crippen LogP contribution in [0.4, 0.5) is 5.69 Å². The number of benzene rings is 1. The normalized spacial score (nSPS) is 11.1. The zero-order valence-corrected chi connectivity index (χ0v) is 12.6. The number of hydrogen-bond acceptors (Lipinski definition) is 5. The van der Waals surface area contributed by atoms with Crippen LogP contribution in [-0.2, 0) is 26.1 Å². The summed E-state index contributed by atoms with van der Waals surface area (Å²) in [4.78, 5) is 11.2. The largest absolute Gasteiger partial charge is 0.468 e. The third-order valence-corrected chi connectivity index (χ3v) is 4.18. The molecule has 2 aromatic rings. The van der Waals surface area contributed by atoms with Crippen molar-refractivity contribution in [3.8, 4) is 0 Å². The van der Waals surface area contributed by atoms with Crippen molar-refractivity contribution < 1.29 is 17.9 Å². The molecular formula is C12H12ClN3O4S. The number of sulfonamides is 1.